The van der Waals surface area contributed by atoms with E-state index in [1.54, 1.807) is 13.8 Å². The lowest BCUT2D eigenvalue weighted by Crippen LogP contribution is -2.42. The van der Waals surface area contributed by atoms with Gasteiger partial charge in [-0.05, 0) is 49.6 Å². The van der Waals surface area contributed by atoms with E-state index in [0.717, 1.165) is 5.69 Å². The van der Waals surface area contributed by atoms with E-state index in [4.69, 9.17) is 4.74 Å². The summed E-state index contributed by atoms with van der Waals surface area (Å²) in [5.41, 5.74) is 1.06. The minimum atomic E-state index is -0.949. The molecule has 0 saturated carbocycles. The Labute approximate surface area is 132 Å². The average Bonchev–Trinajstić information content (AvgIpc) is 2.48. The van der Waals surface area contributed by atoms with Crippen LogP contribution in [0.1, 0.15) is 39.2 Å². The van der Waals surface area contributed by atoms with Gasteiger partial charge in [0.05, 0.1) is 0 Å². The van der Waals surface area contributed by atoms with E-state index in [2.05, 4.69) is 19.2 Å². The zero-order valence-corrected chi connectivity index (χ0v) is 13.6. The monoisotopic (exact) mass is 297 g/mol. The Morgan fingerprint density at radius 1 is 1.00 bits per heavy atom. The van der Waals surface area contributed by atoms with Crippen LogP contribution in [0.2, 0.25) is 0 Å². The highest BCUT2D eigenvalue weighted by Gasteiger charge is 2.30. The largest absolute Gasteiger partial charge is 0.478 e. The number of benzene rings is 2. The summed E-state index contributed by atoms with van der Waals surface area (Å²) in [7, 11) is 0. The molecule has 0 fully saturated rings. The molecule has 22 heavy (non-hydrogen) atoms. The highest BCUT2D eigenvalue weighted by molar-refractivity contribution is 5.96. The molecule has 0 aliphatic carbocycles. The first kappa shape index (κ1) is 16.1. The number of para-hydroxylation sites is 1. The summed E-state index contributed by atoms with van der Waals surface area (Å²) < 4.78 is 5.86. The van der Waals surface area contributed by atoms with Gasteiger partial charge in [-0.25, -0.2) is 0 Å². The zero-order chi connectivity index (χ0) is 16.2. The SMILES string of the molecule is CC(C)c1ccc(OC(C)(C)C(=O)Nc2ccccc2)cc1. The van der Waals surface area contributed by atoms with E-state index in [-0.39, 0.29) is 5.91 Å². The summed E-state index contributed by atoms with van der Waals surface area (Å²) in [4.78, 5) is 12.4. The van der Waals surface area contributed by atoms with Crippen LogP contribution in [-0.2, 0) is 4.79 Å². The first-order valence-electron chi connectivity index (χ1n) is 7.54. The molecule has 0 radical (unpaired) electrons. The molecule has 2 rings (SSSR count). The average molecular weight is 297 g/mol. The van der Waals surface area contributed by atoms with Gasteiger partial charge in [0, 0.05) is 5.69 Å². The van der Waals surface area contributed by atoms with Crippen molar-refractivity contribution in [3.05, 3.63) is 60.2 Å². The molecule has 0 heterocycles. The van der Waals surface area contributed by atoms with Gasteiger partial charge in [0.15, 0.2) is 5.60 Å². The van der Waals surface area contributed by atoms with E-state index in [1.165, 1.54) is 5.56 Å². The third-order valence-corrected chi connectivity index (χ3v) is 3.50. The van der Waals surface area contributed by atoms with Gasteiger partial charge in [0.2, 0.25) is 0 Å². The summed E-state index contributed by atoms with van der Waals surface area (Å²) >= 11 is 0. The van der Waals surface area contributed by atoms with Crippen molar-refractivity contribution in [3.63, 3.8) is 0 Å². The maximum absolute atomic E-state index is 12.4. The quantitative estimate of drug-likeness (QED) is 0.875. The van der Waals surface area contributed by atoms with E-state index < -0.39 is 5.60 Å². The molecule has 0 bridgehead atoms. The third-order valence-electron chi connectivity index (χ3n) is 3.50. The number of ether oxygens (including phenoxy) is 1. The van der Waals surface area contributed by atoms with Crippen LogP contribution in [0.5, 0.6) is 5.75 Å². The highest BCUT2D eigenvalue weighted by atomic mass is 16.5. The van der Waals surface area contributed by atoms with Crippen molar-refractivity contribution in [1.29, 1.82) is 0 Å². The van der Waals surface area contributed by atoms with Crippen molar-refractivity contribution in [3.8, 4) is 5.75 Å². The van der Waals surface area contributed by atoms with Crippen LogP contribution in [0.15, 0.2) is 54.6 Å². The predicted octanol–water partition coefficient (Wildman–Crippen LogP) is 4.61. The van der Waals surface area contributed by atoms with E-state index >= 15 is 0 Å². The Morgan fingerprint density at radius 2 is 1.59 bits per heavy atom. The number of carbonyl (C=O) groups is 1. The van der Waals surface area contributed by atoms with Crippen molar-refractivity contribution in [1.82, 2.24) is 0 Å². The molecule has 116 valence electrons. The minimum Gasteiger partial charge on any atom is -0.478 e. The van der Waals surface area contributed by atoms with Gasteiger partial charge in [-0.3, -0.25) is 4.79 Å². The van der Waals surface area contributed by atoms with Gasteiger partial charge in [0.25, 0.3) is 5.91 Å². The third kappa shape index (κ3) is 4.10. The number of carbonyl (C=O) groups excluding carboxylic acids is 1. The molecular formula is C19H23NO2. The van der Waals surface area contributed by atoms with Crippen molar-refractivity contribution in [2.75, 3.05) is 5.32 Å². The molecule has 3 heteroatoms. The van der Waals surface area contributed by atoms with Gasteiger partial charge in [-0.1, -0.05) is 44.2 Å². The maximum Gasteiger partial charge on any atom is 0.267 e. The van der Waals surface area contributed by atoms with Crippen molar-refractivity contribution >= 4 is 11.6 Å². The van der Waals surface area contributed by atoms with Gasteiger partial charge < -0.3 is 10.1 Å². The fraction of sp³-hybridized carbons (Fsp3) is 0.316. The molecule has 2 aromatic rings. The summed E-state index contributed by atoms with van der Waals surface area (Å²) in [6.07, 6.45) is 0. The first-order chi connectivity index (χ1) is 10.4. The molecule has 0 saturated heterocycles. The lowest BCUT2D eigenvalue weighted by atomic mass is 10.0. The lowest BCUT2D eigenvalue weighted by Gasteiger charge is -2.25. The van der Waals surface area contributed by atoms with Crippen LogP contribution >= 0.6 is 0 Å². The van der Waals surface area contributed by atoms with Crippen LogP contribution in [0.4, 0.5) is 5.69 Å². The van der Waals surface area contributed by atoms with Crippen LogP contribution < -0.4 is 10.1 Å². The number of rotatable bonds is 5. The van der Waals surface area contributed by atoms with E-state index in [9.17, 15) is 4.79 Å². The Balaban J connectivity index is 2.04. The molecule has 0 aliphatic rings. The Bertz CT molecular complexity index is 616. The molecule has 0 unspecified atom stereocenters. The van der Waals surface area contributed by atoms with E-state index in [0.29, 0.717) is 11.7 Å². The topological polar surface area (TPSA) is 38.3 Å². The van der Waals surface area contributed by atoms with Gasteiger partial charge in [-0.15, -0.1) is 0 Å². The molecule has 0 aliphatic heterocycles. The van der Waals surface area contributed by atoms with Crippen molar-refractivity contribution in [2.24, 2.45) is 0 Å². The molecule has 2 aromatic carbocycles. The summed E-state index contributed by atoms with van der Waals surface area (Å²) in [6.45, 7) is 7.82. The Morgan fingerprint density at radius 3 is 2.14 bits per heavy atom. The Hall–Kier alpha value is -2.29. The number of amides is 1. The normalized spacial score (nSPS) is 11.3. The Kier molecular flexibility index (Phi) is 4.86. The van der Waals surface area contributed by atoms with Crippen molar-refractivity contribution in [2.45, 2.75) is 39.2 Å². The molecule has 0 aromatic heterocycles. The van der Waals surface area contributed by atoms with Crippen LogP contribution in [-0.4, -0.2) is 11.5 Å². The standard InChI is InChI=1S/C19H23NO2/c1-14(2)15-10-12-17(13-11-15)22-19(3,4)18(21)20-16-8-6-5-7-9-16/h5-14H,1-4H3,(H,20,21). The second-order valence-electron chi connectivity index (χ2n) is 6.16. The predicted molar refractivity (Wildman–Crippen MR) is 90.3 cm³/mol. The van der Waals surface area contributed by atoms with Gasteiger partial charge in [0.1, 0.15) is 5.75 Å². The molecule has 0 atom stereocenters. The molecule has 1 amide bonds. The number of hydrogen-bond donors (Lipinski definition) is 1. The van der Waals surface area contributed by atoms with Crippen LogP contribution in [0, 0.1) is 0 Å². The van der Waals surface area contributed by atoms with Gasteiger partial charge in [-0.2, -0.15) is 0 Å². The maximum atomic E-state index is 12.4. The van der Waals surface area contributed by atoms with Gasteiger partial charge >= 0.3 is 0 Å². The molecular weight excluding hydrogens is 274 g/mol. The second-order valence-corrected chi connectivity index (χ2v) is 6.16. The van der Waals surface area contributed by atoms with Crippen LogP contribution in [0.3, 0.4) is 0 Å². The summed E-state index contributed by atoms with van der Waals surface area (Å²) in [5, 5.41) is 2.87. The highest BCUT2D eigenvalue weighted by Crippen LogP contribution is 2.23. The van der Waals surface area contributed by atoms with Crippen molar-refractivity contribution < 1.29 is 9.53 Å². The number of nitrogens with one attached hydrogen (secondary N) is 1. The summed E-state index contributed by atoms with van der Waals surface area (Å²) in [5.74, 6) is 0.993. The fourth-order valence-corrected chi connectivity index (χ4v) is 2.06. The number of anilines is 1. The fourth-order valence-electron chi connectivity index (χ4n) is 2.06. The van der Waals surface area contributed by atoms with E-state index in [1.807, 2.05) is 54.6 Å². The second kappa shape index (κ2) is 6.65. The molecule has 1 N–H and O–H groups in total. The summed E-state index contributed by atoms with van der Waals surface area (Å²) in [6, 6.07) is 17.3. The molecule has 3 nitrogen and oxygen atoms in total. The zero-order valence-electron chi connectivity index (χ0n) is 13.6. The lowest BCUT2D eigenvalue weighted by molar-refractivity contribution is -0.128. The van der Waals surface area contributed by atoms with Crippen LogP contribution in [0.25, 0.3) is 0 Å². The smallest absolute Gasteiger partial charge is 0.267 e. The molecule has 0 spiro atoms. The first-order valence-corrected chi connectivity index (χ1v) is 7.54. The number of hydrogen-bond acceptors (Lipinski definition) is 2. The minimum absolute atomic E-state index is 0.174.